The van der Waals surface area contributed by atoms with Crippen LogP contribution in [0.15, 0.2) is 53.7 Å². The molecule has 0 radical (unpaired) electrons. The molecule has 3 aromatic rings. The van der Waals surface area contributed by atoms with E-state index in [1.807, 2.05) is 28.8 Å². The van der Waals surface area contributed by atoms with E-state index in [9.17, 15) is 4.79 Å². The highest BCUT2D eigenvalue weighted by molar-refractivity contribution is 7.99. The van der Waals surface area contributed by atoms with Crippen molar-refractivity contribution in [2.75, 3.05) is 24.8 Å². The van der Waals surface area contributed by atoms with Gasteiger partial charge in [0.1, 0.15) is 5.75 Å². The number of carbonyl (C=O) groups is 1. The van der Waals surface area contributed by atoms with E-state index in [-0.39, 0.29) is 17.8 Å². The van der Waals surface area contributed by atoms with Crippen LogP contribution in [0.2, 0.25) is 5.02 Å². The molecule has 1 aromatic heterocycles. The second kappa shape index (κ2) is 10.2. The van der Waals surface area contributed by atoms with Gasteiger partial charge in [-0.15, -0.1) is 10.2 Å². The zero-order chi connectivity index (χ0) is 21.6. The average molecular weight is 459 g/mol. The first kappa shape index (κ1) is 21.7. The fourth-order valence-corrected chi connectivity index (χ4v) is 4.24. The highest BCUT2D eigenvalue weighted by Crippen LogP contribution is 2.27. The Hall–Kier alpha value is -2.55. The number of amides is 1. The van der Waals surface area contributed by atoms with E-state index in [0.717, 1.165) is 36.6 Å². The van der Waals surface area contributed by atoms with Gasteiger partial charge in [-0.05, 0) is 61.4 Å². The normalized spacial score (nSPS) is 15.7. The molecule has 1 aliphatic rings. The number of thioether (sulfide) groups is 1. The predicted molar refractivity (Wildman–Crippen MR) is 122 cm³/mol. The topological polar surface area (TPSA) is 78.3 Å². The smallest absolute Gasteiger partial charge is 0.234 e. The molecule has 2 heterocycles. The molecule has 0 saturated carbocycles. The molecular formula is C22H23ClN4O3S. The summed E-state index contributed by atoms with van der Waals surface area (Å²) in [5.74, 6) is 1.58. The number of ether oxygens (including phenoxy) is 2. The summed E-state index contributed by atoms with van der Waals surface area (Å²) in [4.78, 5) is 12.5. The lowest BCUT2D eigenvalue weighted by atomic mass is 10.2. The van der Waals surface area contributed by atoms with E-state index < -0.39 is 0 Å². The summed E-state index contributed by atoms with van der Waals surface area (Å²) < 4.78 is 13.0. The molecule has 31 heavy (non-hydrogen) atoms. The third-order valence-electron chi connectivity index (χ3n) is 4.94. The van der Waals surface area contributed by atoms with Crippen molar-refractivity contribution >= 4 is 35.0 Å². The zero-order valence-corrected chi connectivity index (χ0v) is 18.7. The number of benzene rings is 2. The van der Waals surface area contributed by atoms with Gasteiger partial charge in [0.05, 0.1) is 25.5 Å². The lowest BCUT2D eigenvalue weighted by Crippen LogP contribution is -2.18. The van der Waals surface area contributed by atoms with Crippen LogP contribution in [-0.4, -0.2) is 46.2 Å². The van der Waals surface area contributed by atoms with Crippen LogP contribution in [-0.2, 0) is 16.1 Å². The van der Waals surface area contributed by atoms with Gasteiger partial charge in [0.25, 0.3) is 0 Å². The van der Waals surface area contributed by atoms with Crippen molar-refractivity contribution < 1.29 is 14.3 Å². The SMILES string of the molecule is COc1ccc(NC(=O)CSc2nnc(-c3ccc(Cl)cc3)n2CC2CCCO2)cc1. The van der Waals surface area contributed by atoms with Crippen molar-refractivity contribution in [2.45, 2.75) is 30.6 Å². The Labute approximate surface area is 190 Å². The van der Waals surface area contributed by atoms with Gasteiger partial charge < -0.3 is 14.8 Å². The quantitative estimate of drug-likeness (QED) is 0.500. The van der Waals surface area contributed by atoms with Crippen molar-refractivity contribution in [1.82, 2.24) is 14.8 Å². The first-order valence-electron chi connectivity index (χ1n) is 10.00. The third kappa shape index (κ3) is 5.58. The van der Waals surface area contributed by atoms with Crippen LogP contribution in [0.25, 0.3) is 11.4 Å². The number of nitrogens with zero attached hydrogens (tertiary/aromatic N) is 3. The van der Waals surface area contributed by atoms with Crippen molar-refractivity contribution in [3.05, 3.63) is 53.6 Å². The lowest BCUT2D eigenvalue weighted by molar-refractivity contribution is -0.113. The van der Waals surface area contributed by atoms with Gasteiger partial charge in [-0.25, -0.2) is 0 Å². The molecule has 1 saturated heterocycles. The minimum absolute atomic E-state index is 0.116. The van der Waals surface area contributed by atoms with Crippen LogP contribution in [0.3, 0.4) is 0 Å². The van der Waals surface area contributed by atoms with Crippen molar-refractivity contribution in [2.24, 2.45) is 0 Å². The summed E-state index contributed by atoms with van der Waals surface area (Å²) in [6, 6.07) is 14.7. The molecule has 0 bridgehead atoms. The Morgan fingerprint density at radius 3 is 2.68 bits per heavy atom. The van der Waals surface area contributed by atoms with E-state index >= 15 is 0 Å². The molecule has 0 spiro atoms. The number of nitrogens with one attached hydrogen (secondary N) is 1. The highest BCUT2D eigenvalue weighted by atomic mass is 35.5. The monoisotopic (exact) mass is 458 g/mol. The second-order valence-electron chi connectivity index (χ2n) is 7.12. The summed E-state index contributed by atoms with van der Waals surface area (Å²) in [5.41, 5.74) is 1.64. The van der Waals surface area contributed by atoms with Crippen LogP contribution in [0, 0.1) is 0 Å². The molecule has 1 unspecified atom stereocenters. The van der Waals surface area contributed by atoms with Crippen molar-refractivity contribution in [3.63, 3.8) is 0 Å². The maximum absolute atomic E-state index is 12.5. The minimum atomic E-state index is -0.116. The minimum Gasteiger partial charge on any atom is -0.497 e. The Morgan fingerprint density at radius 2 is 2.00 bits per heavy atom. The number of rotatable bonds is 8. The lowest BCUT2D eigenvalue weighted by Gasteiger charge is -2.15. The molecule has 4 rings (SSSR count). The fourth-order valence-electron chi connectivity index (χ4n) is 3.37. The molecule has 1 amide bonds. The Kier molecular flexibility index (Phi) is 7.11. The number of hydrogen-bond acceptors (Lipinski definition) is 6. The maximum Gasteiger partial charge on any atom is 0.234 e. The number of halogens is 1. The molecule has 1 fully saturated rings. The van der Waals surface area contributed by atoms with E-state index in [4.69, 9.17) is 21.1 Å². The van der Waals surface area contributed by atoms with Gasteiger partial charge in [-0.2, -0.15) is 0 Å². The standard InChI is InChI=1S/C22H23ClN4O3S/c1-29-18-10-8-17(9-11-18)24-20(28)14-31-22-26-25-21(15-4-6-16(23)7-5-15)27(22)13-19-3-2-12-30-19/h4-11,19H,2-3,12-14H2,1H3,(H,24,28). The number of aromatic nitrogens is 3. The summed E-state index contributed by atoms with van der Waals surface area (Å²) >= 11 is 7.39. The van der Waals surface area contributed by atoms with Crippen molar-refractivity contribution in [1.29, 1.82) is 0 Å². The summed E-state index contributed by atoms with van der Waals surface area (Å²) in [7, 11) is 1.61. The van der Waals surface area contributed by atoms with E-state index in [1.165, 1.54) is 11.8 Å². The average Bonchev–Trinajstić information content (AvgIpc) is 3.44. The number of carbonyl (C=O) groups excluding carboxylic acids is 1. The molecule has 1 atom stereocenters. The molecule has 9 heteroatoms. The Morgan fingerprint density at radius 1 is 1.23 bits per heavy atom. The van der Waals surface area contributed by atoms with Crippen LogP contribution in [0.5, 0.6) is 5.75 Å². The highest BCUT2D eigenvalue weighted by Gasteiger charge is 2.22. The summed E-state index contributed by atoms with van der Waals surface area (Å²) in [6.45, 7) is 1.42. The van der Waals surface area contributed by atoms with E-state index in [2.05, 4.69) is 15.5 Å². The van der Waals surface area contributed by atoms with Crippen LogP contribution < -0.4 is 10.1 Å². The fraction of sp³-hybridized carbons (Fsp3) is 0.318. The maximum atomic E-state index is 12.5. The van der Waals surface area contributed by atoms with Gasteiger partial charge in [0.15, 0.2) is 11.0 Å². The van der Waals surface area contributed by atoms with Crippen LogP contribution in [0.4, 0.5) is 5.69 Å². The molecule has 0 aliphatic carbocycles. The summed E-state index contributed by atoms with van der Waals surface area (Å²) in [6.07, 6.45) is 2.17. The van der Waals surface area contributed by atoms with Crippen LogP contribution in [0.1, 0.15) is 12.8 Å². The first-order chi connectivity index (χ1) is 15.1. The number of anilines is 1. The third-order valence-corrected chi connectivity index (χ3v) is 6.15. The first-order valence-corrected chi connectivity index (χ1v) is 11.4. The van der Waals surface area contributed by atoms with Gasteiger partial charge in [-0.1, -0.05) is 23.4 Å². The molecule has 1 N–H and O–H groups in total. The largest absolute Gasteiger partial charge is 0.497 e. The zero-order valence-electron chi connectivity index (χ0n) is 17.1. The van der Waals surface area contributed by atoms with Gasteiger partial charge >= 0.3 is 0 Å². The van der Waals surface area contributed by atoms with E-state index in [0.29, 0.717) is 22.4 Å². The van der Waals surface area contributed by atoms with Crippen molar-refractivity contribution in [3.8, 4) is 17.1 Å². The predicted octanol–water partition coefficient (Wildman–Crippen LogP) is 4.52. The van der Waals surface area contributed by atoms with Gasteiger partial charge in [0, 0.05) is 22.9 Å². The number of hydrogen-bond donors (Lipinski definition) is 1. The summed E-state index contributed by atoms with van der Waals surface area (Å²) in [5, 5.41) is 13.0. The van der Waals surface area contributed by atoms with Gasteiger partial charge in [0.2, 0.25) is 5.91 Å². The molecular weight excluding hydrogens is 436 g/mol. The Bertz CT molecular complexity index is 1020. The van der Waals surface area contributed by atoms with Gasteiger partial charge in [-0.3, -0.25) is 9.36 Å². The second-order valence-corrected chi connectivity index (χ2v) is 8.50. The molecule has 162 valence electrons. The molecule has 7 nitrogen and oxygen atoms in total. The molecule has 1 aliphatic heterocycles. The number of methoxy groups -OCH3 is 1. The van der Waals surface area contributed by atoms with Crippen LogP contribution >= 0.6 is 23.4 Å². The van der Waals surface area contributed by atoms with E-state index in [1.54, 1.807) is 31.4 Å². The Balaban J connectivity index is 1.47. The molecule has 2 aromatic carbocycles.